The Morgan fingerprint density at radius 3 is 2.06 bits per heavy atom. The highest BCUT2D eigenvalue weighted by Crippen LogP contribution is 2.30. The molecule has 1 heteroatoms. The summed E-state index contributed by atoms with van der Waals surface area (Å²) in [5, 5.41) is 0. The minimum atomic E-state index is 0.515. The van der Waals surface area contributed by atoms with Gasteiger partial charge in [0.05, 0.1) is 6.04 Å². The van der Waals surface area contributed by atoms with Crippen LogP contribution in [-0.4, -0.2) is 24.0 Å². The van der Waals surface area contributed by atoms with Crippen LogP contribution < -0.4 is 0 Å². The maximum Gasteiger partial charge on any atom is 0.0743 e. The van der Waals surface area contributed by atoms with Crippen molar-refractivity contribution >= 4 is 0 Å². The molecule has 102 valence electrons. The fourth-order valence-corrected chi connectivity index (χ4v) is 3.41. The fourth-order valence-electron chi connectivity index (χ4n) is 3.41. The molecule has 0 amide bonds. The van der Waals surface area contributed by atoms with E-state index in [2.05, 4.69) is 30.6 Å². The van der Waals surface area contributed by atoms with E-state index in [0.717, 1.165) is 5.92 Å². The van der Waals surface area contributed by atoms with Gasteiger partial charge in [-0.3, -0.25) is 4.90 Å². The number of hydrogen-bond acceptors (Lipinski definition) is 1. The standard InChI is InChI=1S/C17H29N/c1-15(2)11-12-17(16-9-5-3-6-10-16)18-13-7-4-8-14-18/h15-17H,3-10,13-14H2,1-2H3. The van der Waals surface area contributed by atoms with Gasteiger partial charge < -0.3 is 0 Å². The molecule has 1 saturated carbocycles. The zero-order chi connectivity index (χ0) is 12.8. The molecule has 0 aromatic carbocycles. The molecule has 1 aliphatic heterocycles. The lowest BCUT2D eigenvalue weighted by Gasteiger charge is -2.38. The van der Waals surface area contributed by atoms with Crippen molar-refractivity contribution in [3.8, 4) is 11.8 Å². The van der Waals surface area contributed by atoms with Crippen molar-refractivity contribution in [1.82, 2.24) is 4.90 Å². The molecule has 0 spiro atoms. The highest BCUT2D eigenvalue weighted by molar-refractivity contribution is 5.12. The van der Waals surface area contributed by atoms with E-state index < -0.39 is 0 Å². The Kier molecular flexibility index (Phi) is 5.57. The van der Waals surface area contributed by atoms with Crippen LogP contribution in [0.1, 0.15) is 65.2 Å². The van der Waals surface area contributed by atoms with Crippen LogP contribution in [0.2, 0.25) is 0 Å². The van der Waals surface area contributed by atoms with E-state index in [-0.39, 0.29) is 0 Å². The van der Waals surface area contributed by atoms with Gasteiger partial charge in [-0.15, -0.1) is 0 Å². The molecule has 2 fully saturated rings. The highest BCUT2D eigenvalue weighted by Gasteiger charge is 2.28. The summed E-state index contributed by atoms with van der Waals surface area (Å²) in [5.41, 5.74) is 0. The molecule has 2 aliphatic rings. The number of likely N-dealkylation sites (tertiary alicyclic amines) is 1. The number of piperidine rings is 1. The number of rotatable bonds is 2. The molecule has 1 unspecified atom stereocenters. The molecule has 1 nitrogen and oxygen atoms in total. The van der Waals surface area contributed by atoms with Crippen LogP contribution in [0.5, 0.6) is 0 Å². The van der Waals surface area contributed by atoms with Gasteiger partial charge in [-0.05, 0) is 44.7 Å². The summed E-state index contributed by atoms with van der Waals surface area (Å²) < 4.78 is 0. The zero-order valence-corrected chi connectivity index (χ0v) is 12.3. The average Bonchev–Trinajstić information content (AvgIpc) is 2.41. The molecule has 1 saturated heterocycles. The first-order valence-corrected chi connectivity index (χ1v) is 8.02. The summed E-state index contributed by atoms with van der Waals surface area (Å²) in [6.45, 7) is 6.99. The molecule has 0 aromatic rings. The summed E-state index contributed by atoms with van der Waals surface area (Å²) in [6.07, 6.45) is 11.3. The maximum atomic E-state index is 3.63. The van der Waals surface area contributed by atoms with Crippen molar-refractivity contribution in [1.29, 1.82) is 0 Å². The van der Waals surface area contributed by atoms with Gasteiger partial charge in [-0.2, -0.15) is 0 Å². The molecule has 2 rings (SSSR count). The second kappa shape index (κ2) is 7.19. The van der Waals surface area contributed by atoms with Crippen LogP contribution in [0, 0.1) is 23.7 Å². The van der Waals surface area contributed by atoms with Gasteiger partial charge in [0.1, 0.15) is 0 Å². The smallest absolute Gasteiger partial charge is 0.0743 e. The Labute approximate surface area is 113 Å². The second-order valence-electron chi connectivity index (χ2n) is 6.38. The quantitative estimate of drug-likeness (QED) is 0.665. The summed E-state index contributed by atoms with van der Waals surface area (Å²) >= 11 is 0. The van der Waals surface area contributed by atoms with Crippen molar-refractivity contribution < 1.29 is 0 Å². The summed E-state index contributed by atoms with van der Waals surface area (Å²) in [7, 11) is 0. The van der Waals surface area contributed by atoms with Crippen LogP contribution in [0.4, 0.5) is 0 Å². The Hall–Kier alpha value is -0.480. The van der Waals surface area contributed by atoms with E-state index >= 15 is 0 Å². The van der Waals surface area contributed by atoms with Crippen LogP contribution in [0.25, 0.3) is 0 Å². The molecule has 1 heterocycles. The minimum Gasteiger partial charge on any atom is -0.290 e. The van der Waals surface area contributed by atoms with Crippen LogP contribution in [0.3, 0.4) is 0 Å². The first kappa shape index (κ1) is 13.9. The van der Waals surface area contributed by atoms with Gasteiger partial charge in [0.15, 0.2) is 0 Å². The summed E-state index contributed by atoms with van der Waals surface area (Å²) in [4.78, 5) is 2.69. The third-order valence-electron chi connectivity index (χ3n) is 4.40. The lowest BCUT2D eigenvalue weighted by Crippen LogP contribution is -2.43. The van der Waals surface area contributed by atoms with Crippen molar-refractivity contribution in [3.63, 3.8) is 0 Å². The van der Waals surface area contributed by atoms with Crippen LogP contribution in [-0.2, 0) is 0 Å². The van der Waals surface area contributed by atoms with E-state index in [0.29, 0.717) is 12.0 Å². The Morgan fingerprint density at radius 1 is 0.833 bits per heavy atom. The second-order valence-corrected chi connectivity index (χ2v) is 6.38. The highest BCUT2D eigenvalue weighted by atomic mass is 15.2. The minimum absolute atomic E-state index is 0.515. The van der Waals surface area contributed by atoms with Crippen molar-refractivity contribution in [3.05, 3.63) is 0 Å². The van der Waals surface area contributed by atoms with Crippen LogP contribution in [0.15, 0.2) is 0 Å². The molecular formula is C17H29N. The Bertz CT molecular complexity index is 266. The van der Waals surface area contributed by atoms with E-state index in [9.17, 15) is 0 Å². The topological polar surface area (TPSA) is 3.24 Å². The molecule has 1 aliphatic carbocycles. The number of hydrogen-bond donors (Lipinski definition) is 0. The molecule has 0 N–H and O–H groups in total. The van der Waals surface area contributed by atoms with Gasteiger partial charge in [0, 0.05) is 5.92 Å². The molecule has 1 atom stereocenters. The third kappa shape index (κ3) is 4.02. The SMILES string of the molecule is CC(C)C#CC(C1CCCCC1)N1CCCCC1. The van der Waals surface area contributed by atoms with Crippen molar-refractivity contribution in [2.45, 2.75) is 71.3 Å². The molecule has 18 heavy (non-hydrogen) atoms. The summed E-state index contributed by atoms with van der Waals surface area (Å²) in [5.74, 6) is 8.45. The normalized spacial score (nSPS) is 24.6. The third-order valence-corrected chi connectivity index (χ3v) is 4.40. The van der Waals surface area contributed by atoms with E-state index in [1.54, 1.807) is 0 Å². The largest absolute Gasteiger partial charge is 0.290 e. The summed E-state index contributed by atoms with van der Waals surface area (Å²) in [6, 6.07) is 0.563. The molecule has 0 bridgehead atoms. The van der Waals surface area contributed by atoms with Gasteiger partial charge >= 0.3 is 0 Å². The zero-order valence-electron chi connectivity index (χ0n) is 12.3. The van der Waals surface area contributed by atoms with Crippen LogP contribution >= 0.6 is 0 Å². The van der Waals surface area contributed by atoms with E-state index in [1.165, 1.54) is 64.5 Å². The van der Waals surface area contributed by atoms with Crippen molar-refractivity contribution in [2.24, 2.45) is 11.8 Å². The first-order chi connectivity index (χ1) is 8.77. The fraction of sp³-hybridized carbons (Fsp3) is 0.882. The predicted molar refractivity (Wildman–Crippen MR) is 78.4 cm³/mol. The maximum absolute atomic E-state index is 3.63. The monoisotopic (exact) mass is 247 g/mol. The van der Waals surface area contributed by atoms with E-state index in [4.69, 9.17) is 0 Å². The van der Waals surface area contributed by atoms with Gasteiger partial charge in [0.25, 0.3) is 0 Å². The van der Waals surface area contributed by atoms with Crippen molar-refractivity contribution in [2.75, 3.05) is 13.1 Å². The Balaban J connectivity index is 2.03. The van der Waals surface area contributed by atoms with E-state index in [1.807, 2.05) is 0 Å². The van der Waals surface area contributed by atoms with Gasteiger partial charge in [0.2, 0.25) is 0 Å². The first-order valence-electron chi connectivity index (χ1n) is 8.02. The predicted octanol–water partition coefficient (Wildman–Crippen LogP) is 4.08. The average molecular weight is 247 g/mol. The van der Waals surface area contributed by atoms with Gasteiger partial charge in [-0.1, -0.05) is 51.4 Å². The lowest BCUT2D eigenvalue weighted by molar-refractivity contribution is 0.132. The molecular weight excluding hydrogens is 218 g/mol. The lowest BCUT2D eigenvalue weighted by atomic mass is 9.82. The van der Waals surface area contributed by atoms with Gasteiger partial charge in [-0.25, -0.2) is 0 Å². The number of nitrogens with zero attached hydrogens (tertiary/aromatic N) is 1. The molecule has 0 radical (unpaired) electrons. The Morgan fingerprint density at radius 2 is 1.44 bits per heavy atom. The molecule has 0 aromatic heterocycles.